The lowest BCUT2D eigenvalue weighted by atomic mass is 10.3. The molecule has 18 heavy (non-hydrogen) atoms. The van der Waals surface area contributed by atoms with Crippen LogP contribution in [0.3, 0.4) is 0 Å². The molecule has 0 unspecified atom stereocenters. The van der Waals surface area contributed by atoms with Crippen LogP contribution in [0.4, 0.5) is 0 Å². The summed E-state index contributed by atoms with van der Waals surface area (Å²) in [4.78, 5) is 11.1. The maximum absolute atomic E-state index is 11.1. The summed E-state index contributed by atoms with van der Waals surface area (Å²) in [5, 5.41) is 9.70. The predicted octanol–water partition coefficient (Wildman–Crippen LogP) is 3.42. The van der Waals surface area contributed by atoms with Gasteiger partial charge in [-0.25, -0.2) is 0 Å². The quantitative estimate of drug-likeness (QED) is 0.645. The van der Waals surface area contributed by atoms with E-state index in [-0.39, 0.29) is 28.2 Å². The van der Waals surface area contributed by atoms with Gasteiger partial charge in [0.2, 0.25) is 0 Å². The lowest BCUT2D eigenvalue weighted by Crippen LogP contribution is -2.07. The summed E-state index contributed by atoms with van der Waals surface area (Å²) in [5.74, 6) is 0.0212. The molecule has 0 spiro atoms. The molecule has 0 aliphatic carbocycles. The Morgan fingerprint density at radius 3 is 2.50 bits per heavy atom. The fourth-order valence-corrected chi connectivity index (χ4v) is 1.89. The van der Waals surface area contributed by atoms with Crippen LogP contribution < -0.4 is 4.74 Å². The van der Waals surface area contributed by atoms with Gasteiger partial charge in [-0.3, -0.25) is 4.79 Å². The minimum atomic E-state index is -0.260. The molecule has 0 bridgehead atoms. The zero-order chi connectivity index (χ0) is 13.5. The summed E-state index contributed by atoms with van der Waals surface area (Å²) in [7, 11) is 0. The van der Waals surface area contributed by atoms with Gasteiger partial charge in [-0.2, -0.15) is 0 Å². The number of phenolic OH excluding ortho intramolecular Hbond substituents is 1. The average Bonchev–Trinajstić information content (AvgIpc) is 2.27. The third-order valence-corrected chi connectivity index (χ3v) is 2.62. The smallest absolute Gasteiger partial charge is 0.305 e. The summed E-state index contributed by atoms with van der Waals surface area (Å²) in [5.41, 5.74) is 0. The van der Waals surface area contributed by atoms with Gasteiger partial charge in [-0.1, -0.05) is 23.2 Å². The van der Waals surface area contributed by atoms with Crippen LogP contribution in [-0.2, 0) is 9.53 Å². The number of hydrogen-bond acceptors (Lipinski definition) is 4. The highest BCUT2D eigenvalue weighted by atomic mass is 35.5. The van der Waals surface area contributed by atoms with Gasteiger partial charge in [0.05, 0.1) is 23.3 Å². The lowest BCUT2D eigenvalue weighted by molar-refractivity contribution is -0.143. The first-order chi connectivity index (χ1) is 8.54. The number of hydrogen-bond donors (Lipinski definition) is 1. The number of rotatable bonds is 6. The van der Waals surface area contributed by atoms with Gasteiger partial charge in [0.25, 0.3) is 0 Å². The molecule has 6 heteroatoms. The Bertz CT molecular complexity index is 398. The molecule has 1 aromatic rings. The lowest BCUT2D eigenvalue weighted by Gasteiger charge is -2.10. The molecule has 0 aliphatic rings. The summed E-state index contributed by atoms with van der Waals surface area (Å²) >= 11 is 11.7. The first kappa shape index (κ1) is 14.9. The number of esters is 1. The Morgan fingerprint density at radius 1 is 1.33 bits per heavy atom. The number of phenols is 1. The van der Waals surface area contributed by atoms with Crippen LogP contribution in [0.25, 0.3) is 0 Å². The second-order valence-electron chi connectivity index (χ2n) is 3.50. The fraction of sp³-hybridized carbons (Fsp3) is 0.417. The van der Waals surface area contributed by atoms with Crippen molar-refractivity contribution >= 4 is 29.2 Å². The molecule has 0 amide bonds. The zero-order valence-corrected chi connectivity index (χ0v) is 11.4. The molecule has 0 heterocycles. The molecule has 1 rings (SSSR count). The van der Waals surface area contributed by atoms with Crippen molar-refractivity contribution in [2.75, 3.05) is 13.2 Å². The van der Waals surface area contributed by atoms with Gasteiger partial charge < -0.3 is 14.6 Å². The third-order valence-electron chi connectivity index (χ3n) is 2.06. The first-order valence-electron chi connectivity index (χ1n) is 5.51. The van der Waals surface area contributed by atoms with Crippen LogP contribution in [0.1, 0.15) is 19.8 Å². The van der Waals surface area contributed by atoms with Crippen LogP contribution in [0.5, 0.6) is 11.5 Å². The molecule has 0 fully saturated rings. The van der Waals surface area contributed by atoms with E-state index in [1.165, 1.54) is 12.1 Å². The highest BCUT2D eigenvalue weighted by Crippen LogP contribution is 2.36. The second-order valence-corrected chi connectivity index (χ2v) is 4.31. The zero-order valence-electron chi connectivity index (χ0n) is 9.91. The number of halogens is 2. The molecule has 1 N–H and O–H groups in total. The van der Waals surface area contributed by atoms with Crippen LogP contribution >= 0.6 is 23.2 Å². The number of carbonyl (C=O) groups is 1. The normalized spacial score (nSPS) is 10.2. The molecule has 100 valence electrons. The maximum atomic E-state index is 11.1. The largest absolute Gasteiger partial charge is 0.508 e. The van der Waals surface area contributed by atoms with Gasteiger partial charge in [-0.15, -0.1) is 0 Å². The van der Waals surface area contributed by atoms with Crippen LogP contribution in [0, 0.1) is 0 Å². The van der Waals surface area contributed by atoms with Crippen molar-refractivity contribution in [2.45, 2.75) is 19.8 Å². The topological polar surface area (TPSA) is 55.8 Å². The number of ether oxygens (including phenoxy) is 2. The van der Waals surface area contributed by atoms with Gasteiger partial charge in [0.15, 0.2) is 5.75 Å². The molecular weight excluding hydrogens is 279 g/mol. The Kier molecular flexibility index (Phi) is 6.09. The SMILES string of the molecule is CCOC(=O)CCCOc1c(Cl)cc(O)cc1Cl. The summed E-state index contributed by atoms with van der Waals surface area (Å²) in [6, 6.07) is 2.68. The van der Waals surface area contributed by atoms with Crippen LogP contribution in [0.15, 0.2) is 12.1 Å². The van der Waals surface area contributed by atoms with E-state index < -0.39 is 0 Å². The van der Waals surface area contributed by atoms with E-state index in [1.54, 1.807) is 6.92 Å². The molecule has 0 aliphatic heterocycles. The Balaban J connectivity index is 2.42. The summed E-state index contributed by atoms with van der Waals surface area (Å²) in [6.07, 6.45) is 0.785. The van der Waals surface area contributed by atoms with Crippen molar-refractivity contribution in [3.8, 4) is 11.5 Å². The van der Waals surface area contributed by atoms with E-state index in [9.17, 15) is 9.90 Å². The number of aromatic hydroxyl groups is 1. The highest BCUT2D eigenvalue weighted by Gasteiger charge is 2.10. The van der Waals surface area contributed by atoms with Gasteiger partial charge in [0, 0.05) is 18.6 Å². The molecular formula is C12H14Cl2O4. The van der Waals surface area contributed by atoms with Crippen molar-refractivity contribution in [3.63, 3.8) is 0 Å². The van der Waals surface area contributed by atoms with Crippen molar-refractivity contribution in [3.05, 3.63) is 22.2 Å². The molecule has 0 aromatic heterocycles. The van der Waals surface area contributed by atoms with Crippen LogP contribution in [0.2, 0.25) is 10.0 Å². The Morgan fingerprint density at radius 2 is 1.94 bits per heavy atom. The monoisotopic (exact) mass is 292 g/mol. The predicted molar refractivity (Wildman–Crippen MR) is 69.5 cm³/mol. The van der Waals surface area contributed by atoms with E-state index in [1.807, 2.05) is 0 Å². The van der Waals surface area contributed by atoms with Gasteiger partial charge >= 0.3 is 5.97 Å². The van der Waals surface area contributed by atoms with E-state index in [0.717, 1.165) is 0 Å². The molecule has 1 aromatic carbocycles. The first-order valence-corrected chi connectivity index (χ1v) is 6.26. The maximum Gasteiger partial charge on any atom is 0.305 e. The Hall–Kier alpha value is -1.13. The summed E-state index contributed by atoms with van der Waals surface area (Å²) in [6.45, 7) is 2.42. The van der Waals surface area contributed by atoms with Crippen molar-refractivity contribution in [1.82, 2.24) is 0 Å². The minimum Gasteiger partial charge on any atom is -0.508 e. The van der Waals surface area contributed by atoms with E-state index in [2.05, 4.69) is 0 Å². The standard InChI is InChI=1S/C12H14Cl2O4/c1-2-17-11(16)4-3-5-18-12-9(13)6-8(15)7-10(12)14/h6-7,15H,2-5H2,1H3. The third kappa shape index (κ3) is 4.63. The molecule has 0 saturated carbocycles. The van der Waals surface area contributed by atoms with E-state index >= 15 is 0 Å². The fourth-order valence-electron chi connectivity index (χ4n) is 1.31. The van der Waals surface area contributed by atoms with Crippen LogP contribution in [-0.4, -0.2) is 24.3 Å². The minimum absolute atomic E-state index is 0.0242. The van der Waals surface area contributed by atoms with Crippen molar-refractivity contribution in [1.29, 1.82) is 0 Å². The molecule has 0 radical (unpaired) electrons. The molecule has 0 saturated heterocycles. The Labute approximate surface area is 115 Å². The van der Waals surface area contributed by atoms with Crippen molar-refractivity contribution < 1.29 is 19.4 Å². The number of benzene rings is 1. The van der Waals surface area contributed by atoms with E-state index in [4.69, 9.17) is 32.7 Å². The van der Waals surface area contributed by atoms with Crippen molar-refractivity contribution in [2.24, 2.45) is 0 Å². The second kappa shape index (κ2) is 7.34. The molecule has 0 atom stereocenters. The molecule has 4 nitrogen and oxygen atoms in total. The van der Waals surface area contributed by atoms with Gasteiger partial charge in [-0.05, 0) is 13.3 Å². The number of carbonyl (C=O) groups excluding carboxylic acids is 1. The van der Waals surface area contributed by atoms with Gasteiger partial charge in [0.1, 0.15) is 5.75 Å². The average molecular weight is 293 g/mol. The van der Waals surface area contributed by atoms with E-state index in [0.29, 0.717) is 25.4 Å². The summed E-state index contributed by atoms with van der Waals surface area (Å²) < 4.78 is 10.1. The highest BCUT2D eigenvalue weighted by molar-refractivity contribution is 6.37.